The molecule has 0 saturated heterocycles. The van der Waals surface area contributed by atoms with E-state index in [1.165, 1.54) is 0 Å². The van der Waals surface area contributed by atoms with Gasteiger partial charge in [0.15, 0.2) is 0 Å². The maximum Gasteiger partial charge on any atom is 0.254 e. The molecule has 3 rings (SSSR count). The SMILES string of the molecule is CCOC(c1ccccc1)c1nc2c(c(=O)[nH]1)CCNC2. The number of benzene rings is 1. The van der Waals surface area contributed by atoms with E-state index in [2.05, 4.69) is 15.3 Å². The van der Waals surface area contributed by atoms with E-state index in [0.717, 1.165) is 29.8 Å². The zero-order chi connectivity index (χ0) is 14.7. The molecule has 0 aliphatic carbocycles. The van der Waals surface area contributed by atoms with Crippen molar-refractivity contribution in [1.29, 1.82) is 0 Å². The minimum Gasteiger partial charge on any atom is -0.366 e. The van der Waals surface area contributed by atoms with Crippen LogP contribution in [-0.2, 0) is 17.7 Å². The Balaban J connectivity index is 2.04. The fourth-order valence-corrected chi connectivity index (χ4v) is 2.64. The van der Waals surface area contributed by atoms with E-state index in [4.69, 9.17) is 4.74 Å². The maximum atomic E-state index is 12.2. The second-order valence-corrected chi connectivity index (χ2v) is 5.05. The van der Waals surface area contributed by atoms with Crippen LogP contribution >= 0.6 is 0 Å². The van der Waals surface area contributed by atoms with Gasteiger partial charge in [0.1, 0.15) is 11.9 Å². The lowest BCUT2D eigenvalue weighted by atomic mass is 10.1. The lowest BCUT2D eigenvalue weighted by Gasteiger charge is -2.20. The summed E-state index contributed by atoms with van der Waals surface area (Å²) in [5.74, 6) is 0.579. The Morgan fingerprint density at radius 1 is 1.33 bits per heavy atom. The van der Waals surface area contributed by atoms with Crippen molar-refractivity contribution in [3.63, 3.8) is 0 Å². The van der Waals surface area contributed by atoms with Crippen molar-refractivity contribution in [1.82, 2.24) is 15.3 Å². The first-order valence-corrected chi connectivity index (χ1v) is 7.29. The van der Waals surface area contributed by atoms with Gasteiger partial charge in [-0.1, -0.05) is 30.3 Å². The second kappa shape index (κ2) is 6.20. The maximum absolute atomic E-state index is 12.2. The van der Waals surface area contributed by atoms with Crippen LogP contribution in [0, 0.1) is 0 Å². The summed E-state index contributed by atoms with van der Waals surface area (Å²) in [5.41, 5.74) is 2.57. The Morgan fingerprint density at radius 2 is 2.14 bits per heavy atom. The molecule has 5 nitrogen and oxygen atoms in total. The average molecular weight is 285 g/mol. The summed E-state index contributed by atoms with van der Waals surface area (Å²) in [6.45, 7) is 3.96. The number of aromatic nitrogens is 2. The van der Waals surface area contributed by atoms with Crippen LogP contribution < -0.4 is 10.9 Å². The van der Waals surface area contributed by atoms with Crippen molar-refractivity contribution in [2.45, 2.75) is 26.0 Å². The highest BCUT2D eigenvalue weighted by molar-refractivity contribution is 5.26. The van der Waals surface area contributed by atoms with E-state index in [1.807, 2.05) is 37.3 Å². The van der Waals surface area contributed by atoms with Crippen molar-refractivity contribution in [3.05, 3.63) is 63.3 Å². The lowest BCUT2D eigenvalue weighted by Crippen LogP contribution is -2.32. The highest BCUT2D eigenvalue weighted by Gasteiger charge is 2.21. The van der Waals surface area contributed by atoms with Crippen LogP contribution in [0.15, 0.2) is 35.1 Å². The first kappa shape index (κ1) is 14.0. The smallest absolute Gasteiger partial charge is 0.254 e. The first-order chi connectivity index (χ1) is 10.3. The number of aromatic amines is 1. The highest BCUT2D eigenvalue weighted by atomic mass is 16.5. The van der Waals surface area contributed by atoms with E-state index < -0.39 is 0 Å². The third kappa shape index (κ3) is 2.89. The van der Waals surface area contributed by atoms with Gasteiger partial charge >= 0.3 is 0 Å². The van der Waals surface area contributed by atoms with Crippen LogP contribution in [0.1, 0.15) is 35.7 Å². The van der Waals surface area contributed by atoms with E-state index in [-0.39, 0.29) is 11.7 Å². The minimum absolute atomic E-state index is 0.0443. The quantitative estimate of drug-likeness (QED) is 0.894. The van der Waals surface area contributed by atoms with Gasteiger partial charge in [-0.3, -0.25) is 4.79 Å². The van der Waals surface area contributed by atoms with Crippen molar-refractivity contribution in [2.75, 3.05) is 13.2 Å². The van der Waals surface area contributed by atoms with Crippen LogP contribution in [0.25, 0.3) is 0 Å². The molecule has 110 valence electrons. The molecule has 0 spiro atoms. The Labute approximate surface area is 123 Å². The standard InChI is InChI=1S/C16H19N3O2/c1-2-21-14(11-6-4-3-5-7-11)15-18-13-10-17-9-8-12(13)16(20)19-15/h3-7,14,17H,2,8-10H2,1H3,(H,18,19,20). The van der Waals surface area contributed by atoms with Crippen LogP contribution in [0.2, 0.25) is 0 Å². The topological polar surface area (TPSA) is 67.0 Å². The molecule has 0 bridgehead atoms. The Bertz CT molecular complexity index is 667. The van der Waals surface area contributed by atoms with Gasteiger partial charge in [0.05, 0.1) is 5.69 Å². The van der Waals surface area contributed by atoms with E-state index in [9.17, 15) is 4.79 Å². The van der Waals surface area contributed by atoms with Crippen LogP contribution in [0.3, 0.4) is 0 Å². The van der Waals surface area contributed by atoms with Crippen molar-refractivity contribution < 1.29 is 4.74 Å². The van der Waals surface area contributed by atoms with Crippen molar-refractivity contribution >= 4 is 0 Å². The summed E-state index contributed by atoms with van der Waals surface area (Å²) in [6.07, 6.45) is 0.388. The van der Waals surface area contributed by atoms with Crippen LogP contribution in [0.5, 0.6) is 0 Å². The van der Waals surface area contributed by atoms with E-state index in [1.54, 1.807) is 0 Å². The zero-order valence-corrected chi connectivity index (χ0v) is 12.1. The number of nitrogens with zero attached hydrogens (tertiary/aromatic N) is 1. The molecule has 21 heavy (non-hydrogen) atoms. The van der Waals surface area contributed by atoms with Gasteiger partial charge in [0.25, 0.3) is 5.56 Å². The van der Waals surface area contributed by atoms with Crippen molar-refractivity contribution in [3.8, 4) is 0 Å². The van der Waals surface area contributed by atoms with Gasteiger partial charge in [-0.2, -0.15) is 0 Å². The summed E-state index contributed by atoms with van der Waals surface area (Å²) in [6, 6.07) is 9.84. The predicted molar refractivity (Wildman–Crippen MR) is 80.2 cm³/mol. The Hall–Kier alpha value is -1.98. The van der Waals surface area contributed by atoms with E-state index in [0.29, 0.717) is 19.0 Å². The van der Waals surface area contributed by atoms with E-state index >= 15 is 0 Å². The number of hydrogen-bond donors (Lipinski definition) is 2. The second-order valence-electron chi connectivity index (χ2n) is 5.05. The molecule has 5 heteroatoms. The molecule has 2 aromatic rings. The molecule has 0 saturated carbocycles. The lowest BCUT2D eigenvalue weighted by molar-refractivity contribution is 0.0846. The summed E-state index contributed by atoms with van der Waals surface area (Å²) in [5, 5.41) is 3.25. The summed E-state index contributed by atoms with van der Waals surface area (Å²) in [7, 11) is 0. The van der Waals surface area contributed by atoms with Gasteiger partial charge in [0.2, 0.25) is 0 Å². The van der Waals surface area contributed by atoms with Gasteiger partial charge in [-0.05, 0) is 25.5 Å². The number of nitrogens with one attached hydrogen (secondary N) is 2. The number of rotatable bonds is 4. The summed E-state index contributed by atoms with van der Waals surface area (Å²) in [4.78, 5) is 19.8. The molecule has 1 aliphatic rings. The molecular weight excluding hydrogens is 266 g/mol. The molecule has 0 amide bonds. The molecular formula is C16H19N3O2. The van der Waals surface area contributed by atoms with Gasteiger partial charge in [-0.15, -0.1) is 0 Å². The largest absolute Gasteiger partial charge is 0.366 e. The third-order valence-corrected chi connectivity index (χ3v) is 3.65. The number of hydrogen-bond acceptors (Lipinski definition) is 4. The fourth-order valence-electron chi connectivity index (χ4n) is 2.64. The third-order valence-electron chi connectivity index (χ3n) is 3.65. The molecule has 1 aromatic heterocycles. The number of ether oxygens (including phenoxy) is 1. The zero-order valence-electron chi connectivity index (χ0n) is 12.1. The molecule has 1 atom stereocenters. The molecule has 1 aromatic carbocycles. The molecule has 0 fully saturated rings. The van der Waals surface area contributed by atoms with Crippen LogP contribution in [-0.4, -0.2) is 23.1 Å². The summed E-state index contributed by atoms with van der Waals surface area (Å²) < 4.78 is 5.81. The molecule has 0 radical (unpaired) electrons. The monoisotopic (exact) mass is 285 g/mol. The Morgan fingerprint density at radius 3 is 2.90 bits per heavy atom. The van der Waals surface area contributed by atoms with Gasteiger partial charge in [-0.25, -0.2) is 4.98 Å². The van der Waals surface area contributed by atoms with Crippen LogP contribution in [0.4, 0.5) is 0 Å². The molecule has 1 aliphatic heterocycles. The summed E-state index contributed by atoms with van der Waals surface area (Å²) >= 11 is 0. The molecule has 1 unspecified atom stereocenters. The average Bonchev–Trinajstić information content (AvgIpc) is 2.53. The molecule has 2 heterocycles. The van der Waals surface area contributed by atoms with Gasteiger partial charge in [0, 0.05) is 18.7 Å². The number of H-pyrrole nitrogens is 1. The predicted octanol–water partition coefficient (Wildman–Crippen LogP) is 1.54. The highest BCUT2D eigenvalue weighted by Crippen LogP contribution is 2.23. The first-order valence-electron chi connectivity index (χ1n) is 7.29. The van der Waals surface area contributed by atoms with Crippen molar-refractivity contribution in [2.24, 2.45) is 0 Å². The van der Waals surface area contributed by atoms with Gasteiger partial charge < -0.3 is 15.0 Å². The molecule has 2 N–H and O–H groups in total. The fraction of sp³-hybridized carbons (Fsp3) is 0.375. The normalized spacial score (nSPS) is 15.5. The Kier molecular flexibility index (Phi) is 4.13. The minimum atomic E-state index is -0.337. The number of fused-ring (bicyclic) bond motifs is 1.